The van der Waals surface area contributed by atoms with Crippen LogP contribution in [0.25, 0.3) is 0 Å². The van der Waals surface area contributed by atoms with Gasteiger partial charge in [0.2, 0.25) is 5.91 Å². The van der Waals surface area contributed by atoms with E-state index in [4.69, 9.17) is 9.98 Å². The highest BCUT2D eigenvalue weighted by Crippen LogP contribution is 2.36. The van der Waals surface area contributed by atoms with Gasteiger partial charge in [0.05, 0.1) is 17.5 Å². The van der Waals surface area contributed by atoms with Crippen molar-refractivity contribution in [2.45, 2.75) is 45.0 Å². The molecule has 0 saturated heterocycles. The molecular weight excluding hydrogens is 416 g/mol. The molecule has 1 N–H and O–H groups in total. The van der Waals surface area contributed by atoms with Crippen LogP contribution in [-0.4, -0.2) is 39.0 Å². The molecular formula is C22H24N4O2S2. The Morgan fingerprint density at radius 2 is 2.07 bits per heavy atom. The topological polar surface area (TPSA) is 74.1 Å². The highest BCUT2D eigenvalue weighted by atomic mass is 32.2. The number of hydrogen-bond donors (Lipinski definition) is 1. The Balaban J connectivity index is 1.56. The van der Waals surface area contributed by atoms with E-state index in [0.29, 0.717) is 17.5 Å². The fraction of sp³-hybridized carbons (Fsp3) is 0.364. The number of fused-ring (bicyclic) bond motifs is 3. The van der Waals surface area contributed by atoms with Gasteiger partial charge in [-0.25, -0.2) is 9.89 Å². The zero-order valence-electron chi connectivity index (χ0n) is 17.2. The van der Waals surface area contributed by atoms with Crippen LogP contribution in [0.2, 0.25) is 0 Å². The molecule has 1 aromatic carbocycles. The van der Waals surface area contributed by atoms with E-state index in [1.165, 1.54) is 11.8 Å². The Bertz CT molecular complexity index is 1020. The summed E-state index contributed by atoms with van der Waals surface area (Å²) in [7, 11) is 0. The molecule has 0 fully saturated rings. The van der Waals surface area contributed by atoms with Crippen LogP contribution in [0.3, 0.4) is 0 Å². The van der Waals surface area contributed by atoms with Crippen molar-refractivity contribution < 1.29 is 9.59 Å². The average Bonchev–Trinajstić information content (AvgIpc) is 3.39. The van der Waals surface area contributed by atoms with Crippen LogP contribution in [0.15, 0.2) is 51.8 Å². The van der Waals surface area contributed by atoms with Crippen LogP contribution in [0.5, 0.6) is 0 Å². The minimum Gasteiger partial charge on any atom is -0.350 e. The van der Waals surface area contributed by atoms with Crippen LogP contribution in [0, 0.1) is 5.92 Å². The van der Waals surface area contributed by atoms with Gasteiger partial charge >= 0.3 is 0 Å². The van der Waals surface area contributed by atoms with Crippen LogP contribution in [0.1, 0.15) is 37.6 Å². The monoisotopic (exact) mass is 440 g/mol. The highest BCUT2D eigenvalue weighted by Gasteiger charge is 2.43. The summed E-state index contributed by atoms with van der Waals surface area (Å²) in [6.45, 7) is 6.44. The summed E-state index contributed by atoms with van der Waals surface area (Å²) >= 11 is 2.91. The number of benzene rings is 1. The van der Waals surface area contributed by atoms with Crippen LogP contribution >= 0.6 is 23.1 Å². The number of amidine groups is 2. The maximum Gasteiger partial charge on any atom is 0.259 e. The van der Waals surface area contributed by atoms with Gasteiger partial charge in [0.15, 0.2) is 5.17 Å². The highest BCUT2D eigenvalue weighted by molar-refractivity contribution is 8.15. The molecule has 2 aliphatic heterocycles. The Morgan fingerprint density at radius 3 is 2.80 bits per heavy atom. The number of rotatable bonds is 6. The third-order valence-corrected chi connectivity index (χ3v) is 7.28. The number of nitrogens with zero attached hydrogens (tertiary/aromatic N) is 3. The molecule has 0 spiro atoms. The summed E-state index contributed by atoms with van der Waals surface area (Å²) in [6, 6.07) is 11.2. The van der Waals surface area contributed by atoms with Crippen LogP contribution < -0.4 is 5.32 Å². The Morgan fingerprint density at radius 1 is 1.27 bits per heavy atom. The smallest absolute Gasteiger partial charge is 0.259 e. The lowest BCUT2D eigenvalue weighted by Crippen LogP contribution is -2.43. The van der Waals surface area contributed by atoms with Crippen molar-refractivity contribution in [1.29, 1.82) is 0 Å². The number of carbonyl (C=O) groups is 2. The van der Waals surface area contributed by atoms with E-state index < -0.39 is 11.3 Å². The normalized spacial score (nSPS) is 19.5. The molecule has 30 heavy (non-hydrogen) atoms. The van der Waals surface area contributed by atoms with Crippen molar-refractivity contribution >= 4 is 51.6 Å². The average molecular weight is 441 g/mol. The van der Waals surface area contributed by atoms with Gasteiger partial charge in [0.25, 0.3) is 5.91 Å². The number of para-hydroxylation sites is 1. The van der Waals surface area contributed by atoms with E-state index in [9.17, 15) is 9.59 Å². The molecule has 0 bridgehead atoms. The first-order chi connectivity index (χ1) is 14.5. The predicted octanol–water partition coefficient (Wildman–Crippen LogP) is 4.19. The van der Waals surface area contributed by atoms with E-state index in [1.807, 2.05) is 55.6 Å². The van der Waals surface area contributed by atoms with E-state index in [0.717, 1.165) is 22.5 Å². The first-order valence-electron chi connectivity index (χ1n) is 10.1. The van der Waals surface area contributed by atoms with Crippen molar-refractivity contribution in [2.24, 2.45) is 15.9 Å². The molecule has 8 heteroatoms. The standard InChI is InChI=1S/C22H24N4O2S2/c1-4-13(2)18-21(28)26-19(25-18)16-9-5-6-10-17(16)24-22(26)30-14(3)20(27)23-12-15-8-7-11-29-15/h5-11,13-14,18H,4,12H2,1-3H3,(H,23,27)/t13-,14-,18+/m0/s1. The lowest BCUT2D eigenvalue weighted by Gasteiger charge is -2.27. The first-order valence-corrected chi connectivity index (χ1v) is 11.8. The third kappa shape index (κ3) is 3.94. The summed E-state index contributed by atoms with van der Waals surface area (Å²) in [5, 5.41) is 5.07. The SMILES string of the molecule is CC[C@H](C)[C@H]1N=C2c3ccccc3N=C(S[C@@H](C)C(=O)NCc3cccs3)N2C1=O. The molecule has 2 amide bonds. The second-order valence-electron chi connectivity index (χ2n) is 7.43. The van der Waals surface area contributed by atoms with Gasteiger partial charge in [-0.2, -0.15) is 0 Å². The minimum absolute atomic E-state index is 0.0636. The van der Waals surface area contributed by atoms with Gasteiger partial charge in [0, 0.05) is 10.4 Å². The molecule has 2 aliphatic rings. The molecule has 2 aromatic rings. The number of thiophene rings is 1. The third-order valence-electron chi connectivity index (χ3n) is 5.35. The van der Waals surface area contributed by atoms with Crippen molar-refractivity contribution in [1.82, 2.24) is 10.2 Å². The number of thioether (sulfide) groups is 1. The molecule has 156 valence electrons. The summed E-state index contributed by atoms with van der Waals surface area (Å²) in [4.78, 5) is 38.0. The second kappa shape index (κ2) is 8.73. The van der Waals surface area contributed by atoms with Crippen molar-refractivity contribution in [2.75, 3.05) is 0 Å². The quantitative estimate of drug-likeness (QED) is 0.732. The van der Waals surface area contributed by atoms with Gasteiger partial charge in [-0.1, -0.05) is 50.2 Å². The number of nitrogens with one attached hydrogen (secondary N) is 1. The van der Waals surface area contributed by atoms with Gasteiger partial charge in [-0.3, -0.25) is 14.6 Å². The second-order valence-corrected chi connectivity index (χ2v) is 9.77. The lowest BCUT2D eigenvalue weighted by atomic mass is 10.00. The number of hydrogen-bond acceptors (Lipinski definition) is 6. The fourth-order valence-corrected chi connectivity index (χ4v) is 4.97. The molecule has 0 radical (unpaired) electrons. The maximum atomic E-state index is 13.2. The van der Waals surface area contributed by atoms with Crippen molar-refractivity contribution in [3.05, 3.63) is 52.2 Å². The zero-order chi connectivity index (χ0) is 21.3. The number of amides is 2. The number of aliphatic imine (C=N–C) groups is 2. The fourth-order valence-electron chi connectivity index (χ4n) is 3.39. The molecule has 0 aliphatic carbocycles. The van der Waals surface area contributed by atoms with Crippen molar-refractivity contribution in [3.63, 3.8) is 0 Å². The first kappa shape index (κ1) is 20.8. The largest absolute Gasteiger partial charge is 0.350 e. The summed E-state index contributed by atoms with van der Waals surface area (Å²) in [5.41, 5.74) is 1.63. The molecule has 0 unspecified atom stereocenters. The molecule has 3 atom stereocenters. The van der Waals surface area contributed by atoms with Gasteiger partial charge < -0.3 is 5.32 Å². The Hall–Kier alpha value is -2.45. The van der Waals surface area contributed by atoms with Crippen LogP contribution in [-0.2, 0) is 16.1 Å². The van der Waals surface area contributed by atoms with Gasteiger partial charge in [-0.05, 0) is 36.4 Å². The van der Waals surface area contributed by atoms with E-state index in [1.54, 1.807) is 16.2 Å². The molecule has 6 nitrogen and oxygen atoms in total. The van der Waals surface area contributed by atoms with Gasteiger partial charge in [-0.15, -0.1) is 11.3 Å². The van der Waals surface area contributed by atoms with Gasteiger partial charge in [0.1, 0.15) is 11.9 Å². The zero-order valence-corrected chi connectivity index (χ0v) is 18.8. The van der Waals surface area contributed by atoms with E-state index in [-0.39, 0.29) is 17.7 Å². The summed E-state index contributed by atoms with van der Waals surface area (Å²) in [6.07, 6.45) is 0.865. The summed E-state index contributed by atoms with van der Waals surface area (Å²) in [5.74, 6) is 0.634. The molecule has 0 saturated carbocycles. The van der Waals surface area contributed by atoms with E-state index >= 15 is 0 Å². The maximum absolute atomic E-state index is 13.2. The Labute approximate surface area is 184 Å². The molecule has 1 aromatic heterocycles. The lowest BCUT2D eigenvalue weighted by molar-refractivity contribution is -0.125. The Kier molecular flexibility index (Phi) is 6.06. The minimum atomic E-state index is -0.412. The number of carbonyl (C=O) groups excluding carboxylic acids is 2. The summed E-state index contributed by atoms with van der Waals surface area (Å²) < 4.78 is 0. The molecule has 3 heterocycles. The van der Waals surface area contributed by atoms with Crippen molar-refractivity contribution in [3.8, 4) is 0 Å². The molecule has 4 rings (SSSR count). The van der Waals surface area contributed by atoms with Crippen LogP contribution in [0.4, 0.5) is 5.69 Å². The predicted molar refractivity (Wildman–Crippen MR) is 123 cm³/mol. The van der Waals surface area contributed by atoms with E-state index in [2.05, 4.69) is 12.2 Å².